The first-order valence-electron chi connectivity index (χ1n) is 17.3. The molecule has 59 heavy (non-hydrogen) atoms. The summed E-state index contributed by atoms with van der Waals surface area (Å²) >= 11 is 0. The molecular formula is C28H50N2O27S2. The lowest BCUT2D eigenvalue weighted by Gasteiger charge is -2.49. The summed E-state index contributed by atoms with van der Waals surface area (Å²) in [7, 11) is -10.4. The van der Waals surface area contributed by atoms with Crippen molar-refractivity contribution in [2.75, 3.05) is 33.0 Å². The number of hydrogen-bond donors (Lipinski definition) is 15. The van der Waals surface area contributed by atoms with Gasteiger partial charge in [-0.1, -0.05) is 0 Å². The lowest BCUT2D eigenvalue weighted by atomic mass is 9.94. The summed E-state index contributed by atoms with van der Waals surface area (Å²) in [4.78, 5) is 24.2. The lowest BCUT2D eigenvalue weighted by Crippen LogP contribution is -2.69. The second-order valence-electron chi connectivity index (χ2n) is 13.4. The van der Waals surface area contributed by atoms with E-state index >= 15 is 0 Å². The van der Waals surface area contributed by atoms with E-state index in [1.165, 1.54) is 0 Å². The third kappa shape index (κ3) is 14.0. The van der Waals surface area contributed by atoms with Crippen LogP contribution < -0.4 is 10.6 Å². The van der Waals surface area contributed by atoms with Crippen molar-refractivity contribution < 1.29 is 128 Å². The van der Waals surface area contributed by atoms with Crippen LogP contribution in [0.1, 0.15) is 13.8 Å². The summed E-state index contributed by atoms with van der Waals surface area (Å²) in [5.41, 5.74) is 0. The Kier molecular flexibility index (Phi) is 19.0. The number of amides is 2. The minimum atomic E-state index is -5.25. The second-order valence-corrected chi connectivity index (χ2v) is 15.6. The van der Waals surface area contributed by atoms with E-state index in [0.29, 0.717) is 0 Å². The van der Waals surface area contributed by atoms with Gasteiger partial charge < -0.3 is 95.2 Å². The quantitative estimate of drug-likeness (QED) is 0.0504. The van der Waals surface area contributed by atoms with Gasteiger partial charge in [-0.05, 0) is 0 Å². The number of carbonyl (C=O) groups is 2. The average molecular weight is 911 g/mol. The summed E-state index contributed by atoms with van der Waals surface area (Å²) in [5, 5.41) is 120. The van der Waals surface area contributed by atoms with Crippen LogP contribution in [0, 0.1) is 0 Å². The van der Waals surface area contributed by atoms with Crippen LogP contribution in [-0.4, -0.2) is 243 Å². The first-order chi connectivity index (χ1) is 27.3. The van der Waals surface area contributed by atoms with E-state index in [9.17, 15) is 87.1 Å². The molecule has 0 aromatic heterocycles. The molecule has 29 nitrogen and oxygen atoms in total. The highest BCUT2D eigenvalue weighted by Crippen LogP contribution is 2.34. The Morgan fingerprint density at radius 1 is 0.644 bits per heavy atom. The van der Waals surface area contributed by atoms with Gasteiger partial charge in [-0.3, -0.25) is 18.7 Å². The summed E-state index contributed by atoms with van der Waals surface area (Å²) in [6.07, 6.45) is -35.3. The van der Waals surface area contributed by atoms with Gasteiger partial charge in [0.15, 0.2) is 18.9 Å². The molecule has 19 atom stereocenters. The maximum Gasteiger partial charge on any atom is 0.397 e. The largest absolute Gasteiger partial charge is 0.397 e. The molecule has 0 bridgehead atoms. The average Bonchev–Trinajstić information content (AvgIpc) is 3.14. The summed E-state index contributed by atoms with van der Waals surface area (Å²) in [6.45, 7) is -3.69. The summed E-state index contributed by atoms with van der Waals surface area (Å²) in [5.74, 6) is -1.73. The van der Waals surface area contributed by atoms with Crippen molar-refractivity contribution in [1.82, 2.24) is 10.6 Å². The van der Waals surface area contributed by atoms with Gasteiger partial charge in [-0.2, -0.15) is 16.8 Å². The smallest absolute Gasteiger partial charge is 0.394 e. The minimum Gasteiger partial charge on any atom is -0.394 e. The Morgan fingerprint density at radius 2 is 1.17 bits per heavy atom. The number of hydrogen-bond acceptors (Lipinski definition) is 25. The van der Waals surface area contributed by atoms with Gasteiger partial charge in [-0.25, -0.2) is 8.37 Å². The Morgan fingerprint density at radius 3 is 1.66 bits per heavy atom. The molecule has 3 rings (SSSR count). The molecule has 31 heteroatoms. The zero-order valence-corrected chi connectivity index (χ0v) is 32.5. The van der Waals surface area contributed by atoms with Crippen LogP contribution in [0.3, 0.4) is 0 Å². The molecule has 15 N–H and O–H groups in total. The molecule has 0 radical (unpaired) electrons. The monoisotopic (exact) mass is 910 g/mol. The summed E-state index contributed by atoms with van der Waals surface area (Å²) in [6, 6.07) is -3.49. The Hall–Kier alpha value is -2.00. The maximum atomic E-state index is 12.3. The molecule has 19 unspecified atom stereocenters. The van der Waals surface area contributed by atoms with Crippen molar-refractivity contribution in [1.29, 1.82) is 0 Å². The lowest BCUT2D eigenvalue weighted by molar-refractivity contribution is -0.371. The van der Waals surface area contributed by atoms with Crippen LogP contribution >= 0.6 is 0 Å². The number of aliphatic hydroxyl groups is 11. The highest BCUT2D eigenvalue weighted by atomic mass is 32.3. The molecule has 0 aromatic rings. The van der Waals surface area contributed by atoms with Crippen molar-refractivity contribution in [3.8, 4) is 0 Å². The minimum absolute atomic E-state index is 0.813. The van der Waals surface area contributed by atoms with Gasteiger partial charge in [0.25, 0.3) is 0 Å². The van der Waals surface area contributed by atoms with Crippen LogP contribution in [0.4, 0.5) is 0 Å². The standard InChI is InChI=1S/C28H50N2O27S2/c1-8(34)29-10(3-31)23(16(37)11(36)4-32)55-28-22(43)25(18(39)14(54-28)7-51-59(47,48)49)57-26-15(30-9(2)35)19(40)24(12(5-33)52-26)56-27-21(42)20(41)17(38)13(53-27)6-50-58(44,45)46/h10-28,31-33,36-43H,3-7H2,1-2H3,(H,29,34)(H,30,35)(H,44,45,46)(H,47,48,49). The molecule has 2 amide bonds. The molecular weight excluding hydrogens is 860 g/mol. The van der Waals surface area contributed by atoms with E-state index in [1.807, 2.05) is 0 Å². The topological polar surface area (TPSA) is 463 Å². The van der Waals surface area contributed by atoms with E-state index < -0.39 is 182 Å². The van der Waals surface area contributed by atoms with Crippen molar-refractivity contribution >= 4 is 32.6 Å². The first-order valence-corrected chi connectivity index (χ1v) is 20.0. The van der Waals surface area contributed by atoms with Gasteiger partial charge in [0.2, 0.25) is 11.8 Å². The van der Waals surface area contributed by atoms with Gasteiger partial charge in [-0.15, -0.1) is 0 Å². The number of rotatable bonds is 20. The van der Waals surface area contributed by atoms with Gasteiger partial charge in [0.1, 0.15) is 91.5 Å². The fourth-order valence-corrected chi connectivity index (χ4v) is 6.84. The fourth-order valence-electron chi connectivity index (χ4n) is 6.22. The normalized spacial score (nSPS) is 37.8. The zero-order chi connectivity index (χ0) is 44.7. The van der Waals surface area contributed by atoms with Crippen LogP contribution in [0.2, 0.25) is 0 Å². The SMILES string of the molecule is CC(=O)NC(CO)C(OC1OC(COS(=O)(=O)O)C(O)C(OC2OC(CO)C(OC3OC(COS(=O)(=O)O)C(O)C(O)C3O)C(O)C2NC(C)=O)C1O)C(O)C(O)CO. The molecule has 346 valence electrons. The van der Waals surface area contributed by atoms with E-state index in [4.69, 9.17) is 33.0 Å². The van der Waals surface area contributed by atoms with Crippen LogP contribution in [0.5, 0.6) is 0 Å². The van der Waals surface area contributed by atoms with E-state index in [-0.39, 0.29) is 0 Å². The predicted octanol–water partition coefficient (Wildman–Crippen LogP) is -10.2. The Bertz CT molecular complexity index is 1580. The molecule has 3 aliphatic rings. The van der Waals surface area contributed by atoms with E-state index in [0.717, 1.165) is 13.8 Å². The third-order valence-corrected chi connectivity index (χ3v) is 9.94. The van der Waals surface area contributed by atoms with Crippen LogP contribution in [-0.2, 0) is 67.2 Å². The van der Waals surface area contributed by atoms with Gasteiger partial charge >= 0.3 is 20.8 Å². The number of carbonyl (C=O) groups excluding carboxylic acids is 2. The van der Waals surface area contributed by atoms with Crippen molar-refractivity contribution in [3.05, 3.63) is 0 Å². The third-order valence-electron chi connectivity index (χ3n) is 9.07. The first kappa shape index (κ1) is 51.4. The second kappa shape index (κ2) is 21.9. The molecule has 0 saturated carbocycles. The van der Waals surface area contributed by atoms with Crippen molar-refractivity contribution in [2.24, 2.45) is 0 Å². The molecule has 3 heterocycles. The van der Waals surface area contributed by atoms with E-state index in [2.05, 4.69) is 19.0 Å². The number of aliphatic hydroxyl groups excluding tert-OH is 11. The number of ether oxygens (including phenoxy) is 6. The summed E-state index contributed by atoms with van der Waals surface area (Å²) < 4.78 is 105. The molecule has 0 aliphatic carbocycles. The zero-order valence-electron chi connectivity index (χ0n) is 30.9. The highest BCUT2D eigenvalue weighted by Gasteiger charge is 2.55. The van der Waals surface area contributed by atoms with Crippen LogP contribution in [0.15, 0.2) is 0 Å². The van der Waals surface area contributed by atoms with Crippen LogP contribution in [0.25, 0.3) is 0 Å². The molecule has 0 spiro atoms. The predicted molar refractivity (Wildman–Crippen MR) is 180 cm³/mol. The highest BCUT2D eigenvalue weighted by molar-refractivity contribution is 7.81. The van der Waals surface area contributed by atoms with Crippen molar-refractivity contribution in [3.63, 3.8) is 0 Å². The van der Waals surface area contributed by atoms with Gasteiger partial charge in [0.05, 0.1) is 39.1 Å². The maximum absolute atomic E-state index is 12.3. The number of nitrogens with one attached hydrogen (secondary N) is 2. The Balaban J connectivity index is 1.98. The fraction of sp³-hybridized carbons (Fsp3) is 0.929. The van der Waals surface area contributed by atoms with E-state index in [1.54, 1.807) is 0 Å². The Labute approximate surface area is 334 Å². The molecule has 3 fully saturated rings. The molecule has 0 aromatic carbocycles. The van der Waals surface area contributed by atoms with Crippen molar-refractivity contribution in [2.45, 2.75) is 130 Å². The molecule has 3 saturated heterocycles. The van der Waals surface area contributed by atoms with Gasteiger partial charge in [0, 0.05) is 13.8 Å². The molecule has 3 aliphatic heterocycles.